The van der Waals surface area contributed by atoms with Crippen LogP contribution < -0.4 is 10.5 Å². The van der Waals surface area contributed by atoms with E-state index >= 15 is 0 Å². The van der Waals surface area contributed by atoms with Gasteiger partial charge < -0.3 is 10.4 Å². The average molecular weight is 335 g/mol. The topological polar surface area (TPSA) is 127 Å². The third-order valence-corrected chi connectivity index (χ3v) is 3.84. The lowest BCUT2D eigenvalue weighted by molar-refractivity contribution is -0.138. The van der Waals surface area contributed by atoms with E-state index in [-0.39, 0.29) is 34.4 Å². The van der Waals surface area contributed by atoms with E-state index in [1.54, 1.807) is 6.92 Å². The Kier molecular flexibility index (Phi) is 5.70. The van der Waals surface area contributed by atoms with Gasteiger partial charge in [0.25, 0.3) is 0 Å². The maximum absolute atomic E-state index is 11.8. The molecule has 0 aromatic heterocycles. The zero-order valence-corrected chi connectivity index (χ0v) is 12.7. The van der Waals surface area contributed by atoms with Crippen LogP contribution in [0.2, 0.25) is 5.02 Å². The molecule has 0 aliphatic carbocycles. The summed E-state index contributed by atoms with van der Waals surface area (Å²) < 4.78 is 22.5. The molecule has 1 rings (SSSR count). The quantitative estimate of drug-likeness (QED) is 0.725. The molecule has 0 heterocycles. The summed E-state index contributed by atoms with van der Waals surface area (Å²) in [6.45, 7) is 1.62. The Balaban J connectivity index is 2.83. The summed E-state index contributed by atoms with van der Waals surface area (Å²) in [5.74, 6) is -1.82. The van der Waals surface area contributed by atoms with Crippen LogP contribution in [-0.2, 0) is 19.6 Å². The summed E-state index contributed by atoms with van der Waals surface area (Å²) in [5, 5.41) is 16.2. The Bertz CT molecular complexity index is 660. The number of carbonyl (C=O) groups excluding carboxylic acids is 1. The van der Waals surface area contributed by atoms with E-state index in [2.05, 4.69) is 5.32 Å². The summed E-state index contributed by atoms with van der Waals surface area (Å²) >= 11 is 5.87. The van der Waals surface area contributed by atoms with Crippen LogP contribution in [0, 0.1) is 5.92 Å². The number of carboxylic acid groups (broad SMARTS) is 1. The first-order valence-electron chi connectivity index (χ1n) is 5.93. The van der Waals surface area contributed by atoms with Crippen molar-refractivity contribution in [3.63, 3.8) is 0 Å². The fraction of sp³-hybridized carbons (Fsp3) is 0.333. The van der Waals surface area contributed by atoms with Gasteiger partial charge in [-0.1, -0.05) is 18.5 Å². The smallest absolute Gasteiger partial charge is 0.303 e. The lowest BCUT2D eigenvalue weighted by atomic mass is 10.0. The van der Waals surface area contributed by atoms with E-state index in [0.29, 0.717) is 0 Å². The van der Waals surface area contributed by atoms with Gasteiger partial charge in [0.1, 0.15) is 0 Å². The minimum atomic E-state index is -3.90. The number of nitrogens with two attached hydrogens (primary N) is 1. The summed E-state index contributed by atoms with van der Waals surface area (Å²) in [7, 11) is -3.90. The largest absolute Gasteiger partial charge is 0.481 e. The number of anilines is 1. The van der Waals surface area contributed by atoms with Crippen LogP contribution in [0.15, 0.2) is 23.1 Å². The first kappa shape index (κ1) is 17.4. The van der Waals surface area contributed by atoms with Gasteiger partial charge in [-0.05, 0) is 24.1 Å². The molecule has 21 heavy (non-hydrogen) atoms. The number of rotatable bonds is 6. The number of hydrogen-bond donors (Lipinski definition) is 3. The van der Waals surface area contributed by atoms with Crippen LogP contribution in [0.3, 0.4) is 0 Å². The molecule has 1 unspecified atom stereocenters. The molecule has 0 aliphatic heterocycles. The van der Waals surface area contributed by atoms with Crippen molar-refractivity contribution in [3.05, 3.63) is 23.2 Å². The van der Waals surface area contributed by atoms with Crippen molar-refractivity contribution < 1.29 is 23.1 Å². The monoisotopic (exact) mass is 334 g/mol. The van der Waals surface area contributed by atoms with Gasteiger partial charge in [0.15, 0.2) is 0 Å². The second-order valence-electron chi connectivity index (χ2n) is 4.64. The lowest BCUT2D eigenvalue weighted by Gasteiger charge is -2.11. The first-order chi connectivity index (χ1) is 9.59. The molecule has 1 aromatic carbocycles. The van der Waals surface area contributed by atoms with E-state index in [4.69, 9.17) is 21.8 Å². The number of halogens is 1. The van der Waals surface area contributed by atoms with Gasteiger partial charge in [-0.25, -0.2) is 13.6 Å². The molecule has 0 saturated carbocycles. The molecule has 1 amide bonds. The van der Waals surface area contributed by atoms with E-state index in [0.717, 1.165) is 6.07 Å². The number of aliphatic carboxylic acids is 1. The number of carboxylic acids is 1. The fourth-order valence-electron chi connectivity index (χ4n) is 1.67. The van der Waals surface area contributed by atoms with Crippen LogP contribution in [0.4, 0.5) is 5.69 Å². The van der Waals surface area contributed by atoms with Gasteiger partial charge in [-0.2, -0.15) is 0 Å². The van der Waals surface area contributed by atoms with Gasteiger partial charge in [-0.3, -0.25) is 9.59 Å². The molecular formula is C12H15ClN2O5S. The third kappa shape index (κ3) is 5.70. The van der Waals surface area contributed by atoms with E-state index < -0.39 is 21.9 Å². The van der Waals surface area contributed by atoms with Crippen molar-refractivity contribution in [2.45, 2.75) is 24.7 Å². The maximum Gasteiger partial charge on any atom is 0.303 e. The van der Waals surface area contributed by atoms with Gasteiger partial charge in [0.05, 0.1) is 15.6 Å². The van der Waals surface area contributed by atoms with Crippen LogP contribution >= 0.6 is 11.6 Å². The molecule has 0 saturated heterocycles. The highest BCUT2D eigenvalue weighted by Gasteiger charge is 2.15. The van der Waals surface area contributed by atoms with Crippen LogP contribution in [0.1, 0.15) is 19.8 Å². The highest BCUT2D eigenvalue weighted by Crippen LogP contribution is 2.25. The Morgan fingerprint density at radius 1 is 1.38 bits per heavy atom. The molecule has 0 spiro atoms. The minimum absolute atomic E-state index is 0.0256. The third-order valence-electron chi connectivity index (χ3n) is 2.60. The molecule has 7 nitrogen and oxygen atoms in total. The van der Waals surface area contributed by atoms with Gasteiger partial charge in [0, 0.05) is 12.8 Å². The lowest BCUT2D eigenvalue weighted by Crippen LogP contribution is -2.18. The van der Waals surface area contributed by atoms with Gasteiger partial charge >= 0.3 is 5.97 Å². The normalized spacial score (nSPS) is 12.7. The van der Waals surface area contributed by atoms with Crippen molar-refractivity contribution in [2.24, 2.45) is 11.1 Å². The maximum atomic E-state index is 11.8. The first-order valence-corrected chi connectivity index (χ1v) is 7.86. The number of nitrogens with one attached hydrogen (secondary N) is 1. The SMILES string of the molecule is CC(CC(=O)O)CC(=O)Nc1cc(S(N)(=O)=O)ccc1Cl. The molecule has 9 heteroatoms. The van der Waals surface area contributed by atoms with Crippen molar-refractivity contribution >= 4 is 39.2 Å². The number of amides is 1. The Morgan fingerprint density at radius 3 is 2.52 bits per heavy atom. The van der Waals surface area contributed by atoms with Gasteiger partial charge in [-0.15, -0.1) is 0 Å². The molecule has 0 bridgehead atoms. The molecule has 4 N–H and O–H groups in total. The van der Waals surface area contributed by atoms with Crippen LogP contribution in [-0.4, -0.2) is 25.4 Å². The standard InChI is InChI=1S/C12H15ClN2O5S/c1-7(5-12(17)18)4-11(16)15-10-6-8(21(14,19)20)2-3-9(10)13/h2-3,6-7H,4-5H2,1H3,(H,15,16)(H,17,18)(H2,14,19,20). The Hall–Kier alpha value is -1.64. The zero-order valence-electron chi connectivity index (χ0n) is 11.2. The fourth-order valence-corrected chi connectivity index (χ4v) is 2.37. The highest BCUT2D eigenvalue weighted by molar-refractivity contribution is 7.89. The Morgan fingerprint density at radius 2 is 2.00 bits per heavy atom. The van der Waals surface area contributed by atoms with E-state index in [9.17, 15) is 18.0 Å². The predicted octanol–water partition coefficient (Wildman–Crippen LogP) is 1.43. The van der Waals surface area contributed by atoms with Crippen molar-refractivity contribution in [2.75, 3.05) is 5.32 Å². The van der Waals surface area contributed by atoms with E-state index in [1.165, 1.54) is 12.1 Å². The molecule has 0 fully saturated rings. The summed E-state index contributed by atoms with van der Waals surface area (Å²) in [6, 6.07) is 3.68. The summed E-state index contributed by atoms with van der Waals surface area (Å²) in [4.78, 5) is 22.1. The summed E-state index contributed by atoms with van der Waals surface area (Å²) in [5.41, 5.74) is 0.107. The molecule has 116 valence electrons. The second-order valence-corrected chi connectivity index (χ2v) is 6.61. The molecule has 1 aromatic rings. The van der Waals surface area contributed by atoms with Gasteiger partial charge in [0.2, 0.25) is 15.9 Å². The highest BCUT2D eigenvalue weighted by atomic mass is 35.5. The molecule has 0 aliphatic rings. The summed E-state index contributed by atoms with van der Waals surface area (Å²) in [6.07, 6.45) is -0.166. The number of carbonyl (C=O) groups is 2. The van der Waals surface area contributed by atoms with Crippen molar-refractivity contribution in [1.82, 2.24) is 0 Å². The van der Waals surface area contributed by atoms with Crippen LogP contribution in [0.5, 0.6) is 0 Å². The number of benzene rings is 1. The van der Waals surface area contributed by atoms with Crippen molar-refractivity contribution in [1.29, 1.82) is 0 Å². The number of hydrogen-bond acceptors (Lipinski definition) is 4. The van der Waals surface area contributed by atoms with Crippen molar-refractivity contribution in [3.8, 4) is 0 Å². The zero-order chi connectivity index (χ0) is 16.2. The predicted molar refractivity (Wildman–Crippen MR) is 77.5 cm³/mol. The van der Waals surface area contributed by atoms with E-state index in [1.807, 2.05) is 0 Å². The molecular weight excluding hydrogens is 320 g/mol. The molecule has 0 radical (unpaired) electrons. The average Bonchev–Trinajstić information content (AvgIpc) is 2.28. The number of primary sulfonamides is 1. The van der Waals surface area contributed by atoms with Crippen LogP contribution in [0.25, 0.3) is 0 Å². The number of sulfonamides is 1. The minimum Gasteiger partial charge on any atom is -0.481 e. The second kappa shape index (κ2) is 6.88. The molecule has 1 atom stereocenters. The Labute approximate surface area is 127 Å².